The maximum Gasteiger partial charge on any atom is 0.0270 e. The quantitative estimate of drug-likeness (QED) is 0.909. The highest BCUT2D eigenvalue weighted by molar-refractivity contribution is 5.16. The second-order valence-corrected chi connectivity index (χ2v) is 8.53. The van der Waals surface area contributed by atoms with Crippen LogP contribution in [0.1, 0.15) is 51.0 Å². The number of rotatable bonds is 4. The summed E-state index contributed by atoms with van der Waals surface area (Å²) in [5.74, 6) is 2.01. The van der Waals surface area contributed by atoms with Crippen LogP contribution in [0, 0.1) is 22.7 Å². The predicted molar refractivity (Wildman–Crippen MR) is 86.0 cm³/mol. The summed E-state index contributed by atoms with van der Waals surface area (Å²) in [4.78, 5) is 4.16. The van der Waals surface area contributed by atoms with Crippen LogP contribution in [0.5, 0.6) is 0 Å². The molecule has 4 fully saturated rings. The van der Waals surface area contributed by atoms with Gasteiger partial charge in [-0.05, 0) is 92.4 Å². The number of pyridine rings is 1. The third-order valence-electron chi connectivity index (χ3n) is 6.68. The highest BCUT2D eigenvalue weighted by Crippen LogP contribution is 2.66. The van der Waals surface area contributed by atoms with E-state index < -0.39 is 0 Å². The lowest BCUT2D eigenvalue weighted by atomic mass is 9.43. The molecule has 21 heavy (non-hydrogen) atoms. The van der Waals surface area contributed by atoms with Crippen LogP contribution >= 0.6 is 0 Å². The van der Waals surface area contributed by atoms with Crippen molar-refractivity contribution in [3.8, 4) is 0 Å². The van der Waals surface area contributed by atoms with Crippen molar-refractivity contribution < 1.29 is 0 Å². The Labute approximate surface area is 128 Å². The molecule has 1 heterocycles. The van der Waals surface area contributed by atoms with Crippen molar-refractivity contribution in [1.82, 2.24) is 10.3 Å². The van der Waals surface area contributed by atoms with Gasteiger partial charge in [0.2, 0.25) is 0 Å². The van der Waals surface area contributed by atoms with E-state index in [0.717, 1.165) is 18.3 Å². The lowest BCUT2D eigenvalue weighted by Crippen LogP contribution is -2.58. The fraction of sp³-hybridized carbons (Fsp3) is 0.737. The molecule has 0 spiro atoms. The van der Waals surface area contributed by atoms with Crippen molar-refractivity contribution in [3.05, 3.63) is 30.1 Å². The van der Waals surface area contributed by atoms with Gasteiger partial charge in [0.1, 0.15) is 0 Å². The molecule has 4 bridgehead atoms. The standard InChI is InChI=1S/C19H28N2/c1-18-9-15-7-16(10-18)12-19(11-15,13-18)17(20-2)8-14-3-5-21-6-4-14/h3-6,15-17,20H,7-13H2,1-2H3. The Bertz CT molecular complexity index is 496. The largest absolute Gasteiger partial charge is 0.316 e. The van der Waals surface area contributed by atoms with Crippen LogP contribution in [-0.4, -0.2) is 18.1 Å². The molecule has 0 radical (unpaired) electrons. The van der Waals surface area contributed by atoms with Crippen LogP contribution in [-0.2, 0) is 6.42 Å². The Morgan fingerprint density at radius 2 is 1.86 bits per heavy atom. The number of hydrogen-bond acceptors (Lipinski definition) is 2. The van der Waals surface area contributed by atoms with Crippen molar-refractivity contribution in [3.63, 3.8) is 0 Å². The van der Waals surface area contributed by atoms with Gasteiger partial charge in [0.25, 0.3) is 0 Å². The van der Waals surface area contributed by atoms with Gasteiger partial charge in [-0.15, -0.1) is 0 Å². The van der Waals surface area contributed by atoms with Crippen molar-refractivity contribution in [2.24, 2.45) is 22.7 Å². The zero-order valence-electron chi connectivity index (χ0n) is 13.4. The number of likely N-dealkylation sites (N-methyl/N-ethyl adjacent to an activating group) is 1. The summed E-state index contributed by atoms with van der Waals surface area (Å²) in [7, 11) is 2.17. The third-order valence-corrected chi connectivity index (χ3v) is 6.68. The SMILES string of the molecule is CNC(Cc1ccncc1)C12CC3CC(CC(C)(C3)C1)C2. The maximum absolute atomic E-state index is 4.16. The van der Waals surface area contributed by atoms with Gasteiger partial charge in [-0.1, -0.05) is 6.92 Å². The first-order valence-corrected chi connectivity index (χ1v) is 8.67. The number of nitrogens with zero attached hydrogens (tertiary/aromatic N) is 1. The van der Waals surface area contributed by atoms with Gasteiger partial charge in [-0.2, -0.15) is 0 Å². The van der Waals surface area contributed by atoms with E-state index in [0.29, 0.717) is 16.9 Å². The van der Waals surface area contributed by atoms with E-state index in [1.807, 2.05) is 12.4 Å². The molecule has 4 saturated carbocycles. The molecule has 4 aliphatic carbocycles. The minimum absolute atomic E-state index is 0.552. The van der Waals surface area contributed by atoms with E-state index in [4.69, 9.17) is 0 Å². The van der Waals surface area contributed by atoms with Crippen molar-refractivity contribution >= 4 is 0 Å². The molecule has 4 aliphatic rings. The number of hydrogen-bond donors (Lipinski definition) is 1. The topological polar surface area (TPSA) is 24.9 Å². The van der Waals surface area contributed by atoms with Gasteiger partial charge in [0.15, 0.2) is 0 Å². The molecular weight excluding hydrogens is 256 g/mol. The molecule has 0 aliphatic heterocycles. The van der Waals surface area contributed by atoms with E-state index in [1.165, 1.54) is 44.1 Å². The minimum Gasteiger partial charge on any atom is -0.316 e. The minimum atomic E-state index is 0.552. The lowest BCUT2D eigenvalue weighted by molar-refractivity contribution is -0.117. The normalized spacial score (nSPS) is 42.2. The van der Waals surface area contributed by atoms with Gasteiger partial charge in [0, 0.05) is 18.4 Å². The van der Waals surface area contributed by atoms with E-state index >= 15 is 0 Å². The summed E-state index contributed by atoms with van der Waals surface area (Å²) in [5.41, 5.74) is 2.62. The molecule has 114 valence electrons. The third kappa shape index (κ3) is 2.32. The molecule has 3 atom stereocenters. The molecule has 0 aromatic carbocycles. The molecule has 2 nitrogen and oxygen atoms in total. The molecule has 0 amide bonds. The average molecular weight is 284 g/mol. The summed E-state index contributed by atoms with van der Waals surface area (Å²) in [5, 5.41) is 3.70. The summed E-state index contributed by atoms with van der Waals surface area (Å²) in [6, 6.07) is 5.00. The Hall–Kier alpha value is -0.890. The Morgan fingerprint density at radius 3 is 2.43 bits per heavy atom. The second kappa shape index (κ2) is 4.81. The van der Waals surface area contributed by atoms with Gasteiger partial charge in [-0.3, -0.25) is 4.98 Å². The molecule has 5 rings (SSSR count). The summed E-state index contributed by atoms with van der Waals surface area (Å²) in [6.07, 6.45) is 13.9. The Morgan fingerprint density at radius 1 is 1.19 bits per heavy atom. The first-order chi connectivity index (χ1) is 10.1. The van der Waals surface area contributed by atoms with Gasteiger partial charge < -0.3 is 5.32 Å². The fourth-order valence-electron chi connectivity index (χ4n) is 6.59. The van der Waals surface area contributed by atoms with Crippen LogP contribution < -0.4 is 5.32 Å². The monoisotopic (exact) mass is 284 g/mol. The Balaban J connectivity index is 1.61. The highest BCUT2D eigenvalue weighted by atomic mass is 14.9. The van der Waals surface area contributed by atoms with Crippen LogP contribution in [0.25, 0.3) is 0 Å². The molecule has 0 saturated heterocycles. The van der Waals surface area contributed by atoms with Crippen LogP contribution in [0.3, 0.4) is 0 Å². The van der Waals surface area contributed by atoms with Crippen molar-refractivity contribution in [2.45, 2.75) is 57.9 Å². The van der Waals surface area contributed by atoms with E-state index in [1.54, 1.807) is 0 Å². The fourth-order valence-corrected chi connectivity index (χ4v) is 6.59. The Kier molecular flexibility index (Phi) is 3.15. The molecule has 1 aromatic heterocycles. The maximum atomic E-state index is 4.16. The summed E-state index contributed by atoms with van der Waals surface area (Å²) in [6.45, 7) is 2.57. The zero-order chi connectivity index (χ0) is 14.5. The molecule has 3 unspecified atom stereocenters. The zero-order valence-corrected chi connectivity index (χ0v) is 13.4. The number of aromatic nitrogens is 1. The first kappa shape index (κ1) is 13.8. The van der Waals surface area contributed by atoms with E-state index in [2.05, 4.69) is 36.4 Å². The van der Waals surface area contributed by atoms with Crippen LogP contribution in [0.2, 0.25) is 0 Å². The molecule has 2 heteroatoms. The van der Waals surface area contributed by atoms with Crippen molar-refractivity contribution in [2.75, 3.05) is 7.05 Å². The average Bonchev–Trinajstić information content (AvgIpc) is 2.43. The van der Waals surface area contributed by atoms with Gasteiger partial charge in [-0.25, -0.2) is 0 Å². The highest BCUT2D eigenvalue weighted by Gasteiger charge is 2.57. The summed E-state index contributed by atoms with van der Waals surface area (Å²) >= 11 is 0. The van der Waals surface area contributed by atoms with Gasteiger partial charge in [0.05, 0.1) is 0 Å². The molecule has 1 aromatic rings. The molecular formula is C19H28N2. The lowest BCUT2D eigenvalue weighted by Gasteiger charge is -2.63. The van der Waals surface area contributed by atoms with Gasteiger partial charge >= 0.3 is 0 Å². The van der Waals surface area contributed by atoms with Crippen LogP contribution in [0.15, 0.2) is 24.5 Å². The predicted octanol–water partition coefficient (Wildman–Crippen LogP) is 3.82. The van der Waals surface area contributed by atoms with Crippen LogP contribution in [0.4, 0.5) is 0 Å². The number of nitrogens with one attached hydrogen (secondary N) is 1. The van der Waals surface area contributed by atoms with E-state index in [9.17, 15) is 0 Å². The molecule has 1 N–H and O–H groups in total. The smallest absolute Gasteiger partial charge is 0.0270 e. The summed E-state index contributed by atoms with van der Waals surface area (Å²) < 4.78 is 0. The van der Waals surface area contributed by atoms with E-state index in [-0.39, 0.29) is 0 Å². The van der Waals surface area contributed by atoms with Crippen molar-refractivity contribution in [1.29, 1.82) is 0 Å². The second-order valence-electron chi connectivity index (χ2n) is 8.53. The first-order valence-electron chi connectivity index (χ1n) is 8.67.